The number of hydrogen-bond acceptors (Lipinski definition) is 0. The van der Waals surface area contributed by atoms with E-state index >= 15 is 0 Å². The summed E-state index contributed by atoms with van der Waals surface area (Å²) in [6.07, 6.45) is 0. The van der Waals surface area contributed by atoms with Crippen molar-refractivity contribution < 1.29 is 0 Å². The molecule has 258 valence electrons. The Labute approximate surface area is 326 Å². The fourth-order valence-electron chi connectivity index (χ4n) is 9.51. The third-order valence-electron chi connectivity index (χ3n) is 11.7. The molecule has 0 aliphatic carbocycles. The second-order valence-corrected chi connectivity index (χ2v) is 17.0. The van der Waals surface area contributed by atoms with Gasteiger partial charge < -0.3 is 0 Å². The molecule has 0 unspecified atom stereocenters. The summed E-state index contributed by atoms with van der Waals surface area (Å²) in [5.41, 5.74) is 13.1. The van der Waals surface area contributed by atoms with E-state index in [9.17, 15) is 0 Å². The maximum atomic E-state index is 2.39. The molecular weight excluding hydrogens is 728 g/mol. The first kappa shape index (κ1) is 32.2. The predicted molar refractivity (Wildman–Crippen MR) is 240 cm³/mol. The average Bonchev–Trinajstić information content (AvgIpc) is 3.62. The molecule has 55 heavy (non-hydrogen) atoms. The van der Waals surface area contributed by atoms with Crippen LogP contribution in [0.5, 0.6) is 0 Å². The Morgan fingerprint density at radius 3 is 1.04 bits per heavy atom. The Balaban J connectivity index is 1.29. The first-order valence-corrected chi connectivity index (χ1v) is 20.8. The van der Waals surface area contributed by atoms with Crippen LogP contribution >= 0.6 is 0 Å². The molecule has 0 radical (unpaired) electrons. The van der Waals surface area contributed by atoms with Gasteiger partial charge in [-0.2, -0.15) is 0 Å². The maximum absolute atomic E-state index is 2.39. The first-order chi connectivity index (χ1) is 27.2. The molecule has 0 saturated carbocycles. The zero-order valence-electron chi connectivity index (χ0n) is 30.7. The van der Waals surface area contributed by atoms with Crippen LogP contribution in [0.25, 0.3) is 107 Å². The normalized spacial score (nSPS) is 11.8. The molecule has 1 heteroatoms. The van der Waals surface area contributed by atoms with Gasteiger partial charge in [0.05, 0.1) is 0 Å². The van der Waals surface area contributed by atoms with Crippen molar-refractivity contribution in [2.24, 2.45) is 0 Å². The third-order valence-corrected chi connectivity index (χ3v) is 14.1. The van der Waals surface area contributed by atoms with Gasteiger partial charge in [-0.05, 0) is 0 Å². The van der Waals surface area contributed by atoms with E-state index in [4.69, 9.17) is 0 Å². The summed E-state index contributed by atoms with van der Waals surface area (Å²) in [7, 11) is 0. The zero-order chi connectivity index (χ0) is 36.6. The molecule has 0 atom stereocenters. The summed E-state index contributed by atoms with van der Waals surface area (Å²) in [5.74, 6) is 0. The van der Waals surface area contributed by atoms with Crippen LogP contribution < -0.4 is 0 Å². The van der Waals surface area contributed by atoms with Gasteiger partial charge in [0, 0.05) is 0 Å². The van der Waals surface area contributed by atoms with E-state index in [0.717, 1.165) is 0 Å². The molecule has 0 saturated heterocycles. The van der Waals surface area contributed by atoms with E-state index in [1.165, 1.54) is 118 Å². The van der Waals surface area contributed by atoms with Crippen molar-refractivity contribution in [1.82, 2.24) is 0 Å². The van der Waals surface area contributed by atoms with Gasteiger partial charge in [-0.15, -0.1) is 0 Å². The SMILES string of the molecule is Cc1cccc(C)c1-c1c2ccccc2c(-c2cccc3[se]c4cccc(-c5c6ccccc6c(-c6ccccc6)c6ccccc56)c4c23)c2ccccc12. The molecule has 11 aromatic rings. The van der Waals surface area contributed by atoms with Crippen LogP contribution in [0.2, 0.25) is 0 Å². The predicted octanol–water partition coefficient (Wildman–Crippen LogP) is 14.9. The Morgan fingerprint density at radius 2 is 0.618 bits per heavy atom. The molecule has 10 aromatic carbocycles. The van der Waals surface area contributed by atoms with Gasteiger partial charge >= 0.3 is 328 Å². The molecule has 1 heterocycles. The summed E-state index contributed by atoms with van der Waals surface area (Å²) in [6, 6.07) is 68.1. The van der Waals surface area contributed by atoms with Crippen molar-refractivity contribution >= 4 is 76.9 Å². The second kappa shape index (κ2) is 12.7. The fraction of sp³-hybridized carbons (Fsp3) is 0.0370. The Hall–Kier alpha value is -6.24. The van der Waals surface area contributed by atoms with Crippen LogP contribution in [0.1, 0.15) is 11.1 Å². The average molecular weight is 764 g/mol. The Kier molecular flexibility index (Phi) is 7.42. The van der Waals surface area contributed by atoms with E-state index in [-0.39, 0.29) is 14.5 Å². The minimum atomic E-state index is 0.177. The van der Waals surface area contributed by atoms with Crippen LogP contribution in [0.3, 0.4) is 0 Å². The summed E-state index contributed by atoms with van der Waals surface area (Å²) in [6.45, 7) is 4.51. The number of hydrogen-bond donors (Lipinski definition) is 0. The molecule has 0 amide bonds. The van der Waals surface area contributed by atoms with Gasteiger partial charge in [-0.25, -0.2) is 0 Å². The summed E-state index contributed by atoms with van der Waals surface area (Å²) in [4.78, 5) is 0. The second-order valence-electron chi connectivity index (χ2n) is 14.8. The van der Waals surface area contributed by atoms with Crippen LogP contribution in [0.15, 0.2) is 182 Å². The van der Waals surface area contributed by atoms with Gasteiger partial charge in [0.2, 0.25) is 0 Å². The standard InChI is InChI=1S/C54H36Se/c1-33-17-14-18-34(2)48(33)52-42-27-12-10-25-40(42)51(41-26-11-13-28-43(41)52)45-30-16-32-47-54(45)53-44(29-15-31-46(53)55-47)50-38-23-8-6-21-36(38)49(35-19-4-3-5-20-35)37-22-7-9-24-39(37)50/h3-32H,1-2H3. The molecule has 0 fully saturated rings. The molecule has 0 spiro atoms. The molecule has 1 aromatic heterocycles. The van der Waals surface area contributed by atoms with E-state index in [1.807, 2.05) is 0 Å². The summed E-state index contributed by atoms with van der Waals surface area (Å²) < 4.78 is 2.91. The molecular formula is C54H36Se. The minimum absolute atomic E-state index is 0.177. The van der Waals surface area contributed by atoms with Crippen LogP contribution in [-0.4, -0.2) is 14.5 Å². The molecule has 0 aliphatic rings. The van der Waals surface area contributed by atoms with Crippen molar-refractivity contribution in [3.05, 3.63) is 193 Å². The van der Waals surface area contributed by atoms with Crippen molar-refractivity contribution in [1.29, 1.82) is 0 Å². The monoisotopic (exact) mass is 764 g/mol. The van der Waals surface area contributed by atoms with Crippen LogP contribution in [-0.2, 0) is 0 Å². The molecule has 0 aliphatic heterocycles. The molecule has 0 nitrogen and oxygen atoms in total. The third kappa shape index (κ3) is 4.84. The topological polar surface area (TPSA) is 0 Å². The van der Waals surface area contributed by atoms with Gasteiger partial charge in [-0.3, -0.25) is 0 Å². The number of rotatable bonds is 4. The van der Waals surface area contributed by atoms with E-state index in [2.05, 4.69) is 196 Å². The molecule has 11 rings (SSSR count). The van der Waals surface area contributed by atoms with Crippen molar-refractivity contribution in [2.45, 2.75) is 13.8 Å². The van der Waals surface area contributed by atoms with E-state index in [0.29, 0.717) is 0 Å². The van der Waals surface area contributed by atoms with Gasteiger partial charge in [-0.1, -0.05) is 0 Å². The van der Waals surface area contributed by atoms with E-state index in [1.54, 1.807) is 0 Å². The van der Waals surface area contributed by atoms with E-state index < -0.39 is 0 Å². The van der Waals surface area contributed by atoms with Crippen molar-refractivity contribution in [3.8, 4) is 44.5 Å². The number of aryl methyl sites for hydroxylation is 2. The van der Waals surface area contributed by atoms with Crippen LogP contribution in [0.4, 0.5) is 0 Å². The zero-order valence-corrected chi connectivity index (χ0v) is 32.4. The van der Waals surface area contributed by atoms with Gasteiger partial charge in [0.25, 0.3) is 0 Å². The molecule has 0 bridgehead atoms. The van der Waals surface area contributed by atoms with Gasteiger partial charge in [0.1, 0.15) is 0 Å². The Bertz CT molecular complexity index is 3190. The number of benzene rings is 10. The van der Waals surface area contributed by atoms with Gasteiger partial charge in [0.15, 0.2) is 0 Å². The summed E-state index contributed by atoms with van der Waals surface area (Å²) >= 11 is 0.177. The first-order valence-electron chi connectivity index (χ1n) is 19.1. The summed E-state index contributed by atoms with van der Waals surface area (Å²) in [5, 5.41) is 13.1. The fourth-order valence-corrected chi connectivity index (χ4v) is 11.9. The Morgan fingerprint density at radius 1 is 0.273 bits per heavy atom. The quantitative estimate of drug-likeness (QED) is 0.124. The number of fused-ring (bicyclic) bond motifs is 7. The van der Waals surface area contributed by atoms with Crippen molar-refractivity contribution in [3.63, 3.8) is 0 Å². The van der Waals surface area contributed by atoms with Crippen molar-refractivity contribution in [2.75, 3.05) is 0 Å². The van der Waals surface area contributed by atoms with Crippen LogP contribution in [0, 0.1) is 13.8 Å². The molecule has 0 N–H and O–H groups in total.